The van der Waals surface area contributed by atoms with Crippen LogP contribution in [0.3, 0.4) is 0 Å². The number of unbranched alkanes of at least 4 members (excludes halogenated alkanes) is 3. The predicted molar refractivity (Wildman–Crippen MR) is 155 cm³/mol. The Morgan fingerprint density at radius 1 is 0.857 bits per heavy atom. The Kier molecular flexibility index (Phi) is 17.3. The molecule has 0 saturated heterocycles. The average molecular weight is 614 g/mol. The molecule has 0 aromatic carbocycles. The van der Waals surface area contributed by atoms with Crippen LogP contribution >= 0.6 is 0 Å². The predicted octanol–water partition coefficient (Wildman–Crippen LogP) is 8.17. The number of terminal acetylenes is 1. The molecule has 35 heavy (non-hydrogen) atoms. The molecular weight excluding hydrogens is 559 g/mol. The van der Waals surface area contributed by atoms with Gasteiger partial charge >= 0.3 is 223 Å². The molecule has 0 heterocycles. The zero-order valence-corrected chi connectivity index (χ0v) is 28.0. The second kappa shape index (κ2) is 17.7. The van der Waals surface area contributed by atoms with Gasteiger partial charge in [0, 0.05) is 0 Å². The van der Waals surface area contributed by atoms with E-state index in [2.05, 4.69) is 52.4 Å². The number of esters is 2. The van der Waals surface area contributed by atoms with Gasteiger partial charge in [0.05, 0.1) is 0 Å². The van der Waals surface area contributed by atoms with E-state index in [4.69, 9.17) is 15.9 Å². The zero-order valence-electron chi connectivity index (χ0n) is 24.2. The van der Waals surface area contributed by atoms with Crippen LogP contribution in [0.15, 0.2) is 11.3 Å². The number of ether oxygens (including phenoxy) is 2. The quantitative estimate of drug-likeness (QED) is 0.0639. The first-order chi connectivity index (χ1) is 16.5. The molecule has 0 radical (unpaired) electrons. The van der Waals surface area contributed by atoms with Crippen molar-refractivity contribution in [3.05, 3.63) is 11.3 Å². The Labute approximate surface area is 222 Å². The fourth-order valence-corrected chi connectivity index (χ4v) is 28.9. The minimum absolute atomic E-state index is 0.00390. The van der Waals surface area contributed by atoms with E-state index < -0.39 is 43.8 Å². The number of carbonyl (C=O) groups excluding carboxylic acids is 2. The van der Waals surface area contributed by atoms with Crippen molar-refractivity contribution < 1.29 is 19.1 Å². The maximum absolute atomic E-state index is 13.1. The number of hydrogen-bond donors (Lipinski definition) is 0. The van der Waals surface area contributed by atoms with E-state index >= 15 is 0 Å². The van der Waals surface area contributed by atoms with Crippen molar-refractivity contribution in [3.8, 4) is 12.3 Å². The maximum atomic E-state index is 13.1. The molecule has 0 saturated carbocycles. The molecule has 0 unspecified atom stereocenters. The van der Waals surface area contributed by atoms with Gasteiger partial charge in [-0.05, 0) is 0 Å². The Balaban J connectivity index is 6.53. The molecule has 0 fully saturated rings. The van der Waals surface area contributed by atoms with Crippen LogP contribution in [-0.2, 0) is 19.1 Å². The SMILES string of the molecule is C#CCC(C/C=C(\[CH2][Sn]([CH2]CCC)([CH2]CCC)[CH2]CCC)[Si](C)(C)C)(C(=O)OCC)C(=O)OCC. The van der Waals surface area contributed by atoms with Crippen molar-refractivity contribution in [1.82, 2.24) is 0 Å². The van der Waals surface area contributed by atoms with Crippen LogP contribution in [0.5, 0.6) is 0 Å². The molecule has 4 nitrogen and oxygen atoms in total. The summed E-state index contributed by atoms with van der Waals surface area (Å²) in [5.41, 5.74) is -1.46. The summed E-state index contributed by atoms with van der Waals surface area (Å²) in [7, 11) is -1.69. The standard InChI is InChI=1S/C17H27O4Si.3C4H9.Sn/c1-8-12-17(15(18)20-9-2,16(19)21-10-3)13-11-14(4)22(5,6)7;3*1-3-4-2;/h1,11H,4,9-10,12-13H2,2-3,5-7H3;3*1,3-4H2,2H3;/b14-11+;;;;. The van der Waals surface area contributed by atoms with E-state index in [-0.39, 0.29) is 26.1 Å². The molecule has 0 aromatic heterocycles. The summed E-state index contributed by atoms with van der Waals surface area (Å²) in [6, 6.07) is 0. The summed E-state index contributed by atoms with van der Waals surface area (Å²) < 4.78 is 16.3. The second-order valence-electron chi connectivity index (χ2n) is 11.1. The first-order valence-corrected chi connectivity index (χ1v) is 25.6. The van der Waals surface area contributed by atoms with Crippen molar-refractivity contribution in [2.24, 2.45) is 5.41 Å². The third-order valence-electron chi connectivity index (χ3n) is 7.14. The van der Waals surface area contributed by atoms with Gasteiger partial charge in [0.25, 0.3) is 0 Å². The van der Waals surface area contributed by atoms with Gasteiger partial charge in [0.15, 0.2) is 0 Å². The van der Waals surface area contributed by atoms with Crippen LogP contribution in [0.2, 0.25) is 37.4 Å². The summed E-state index contributed by atoms with van der Waals surface area (Å²) >= 11 is -2.46. The van der Waals surface area contributed by atoms with Crippen LogP contribution in [0.4, 0.5) is 0 Å². The molecule has 0 aliphatic carbocycles. The third kappa shape index (κ3) is 11.5. The molecule has 0 N–H and O–H groups in total. The molecule has 0 atom stereocenters. The van der Waals surface area contributed by atoms with E-state index in [1.807, 2.05) is 0 Å². The fourth-order valence-electron chi connectivity index (χ4n) is 4.82. The molecule has 0 aliphatic heterocycles. The van der Waals surface area contributed by atoms with Gasteiger partial charge in [-0.2, -0.15) is 0 Å². The molecule has 0 aromatic rings. The molecule has 0 rings (SSSR count). The van der Waals surface area contributed by atoms with E-state index in [0.717, 1.165) is 0 Å². The van der Waals surface area contributed by atoms with Gasteiger partial charge in [-0.1, -0.05) is 0 Å². The Morgan fingerprint density at radius 2 is 1.29 bits per heavy atom. The molecular formula is C29H54O4SiSn. The van der Waals surface area contributed by atoms with Gasteiger partial charge in [-0.25, -0.2) is 0 Å². The van der Waals surface area contributed by atoms with Crippen molar-refractivity contribution >= 4 is 38.4 Å². The minimum atomic E-state index is -2.46. The van der Waals surface area contributed by atoms with Gasteiger partial charge < -0.3 is 0 Å². The first kappa shape index (κ1) is 34.3. The van der Waals surface area contributed by atoms with Crippen LogP contribution in [0, 0.1) is 17.8 Å². The van der Waals surface area contributed by atoms with Crippen LogP contribution in [0.25, 0.3) is 0 Å². The van der Waals surface area contributed by atoms with Crippen molar-refractivity contribution in [1.29, 1.82) is 0 Å². The van der Waals surface area contributed by atoms with Gasteiger partial charge in [-0.3, -0.25) is 0 Å². The molecule has 202 valence electrons. The third-order valence-corrected chi connectivity index (χ3v) is 25.8. The Bertz CT molecular complexity index is 663. The number of carbonyl (C=O) groups is 2. The zero-order chi connectivity index (χ0) is 27.0. The summed E-state index contributed by atoms with van der Waals surface area (Å²) in [5.74, 6) is 1.46. The normalized spacial score (nSPS) is 12.8. The number of rotatable bonds is 19. The molecule has 0 spiro atoms. The van der Waals surface area contributed by atoms with E-state index in [9.17, 15) is 9.59 Å². The first-order valence-electron chi connectivity index (χ1n) is 14.0. The molecule has 0 bridgehead atoms. The van der Waals surface area contributed by atoms with Gasteiger partial charge in [-0.15, -0.1) is 0 Å². The summed E-state index contributed by atoms with van der Waals surface area (Å²) in [5, 5.41) is 1.52. The van der Waals surface area contributed by atoms with E-state index in [1.54, 1.807) is 13.8 Å². The Hall–Kier alpha value is -0.744. The number of allylic oxidation sites excluding steroid dienone is 2. The summed E-state index contributed by atoms with van der Waals surface area (Å²) in [6.07, 6.45) is 15.9. The van der Waals surface area contributed by atoms with Gasteiger partial charge in [0.1, 0.15) is 0 Å². The summed E-state index contributed by atoms with van der Waals surface area (Å²) in [4.78, 5) is 26.2. The molecule has 0 amide bonds. The summed E-state index contributed by atoms with van der Waals surface area (Å²) in [6.45, 7) is 18.0. The van der Waals surface area contributed by atoms with Crippen molar-refractivity contribution in [2.45, 2.75) is 123 Å². The molecule has 6 heteroatoms. The van der Waals surface area contributed by atoms with Gasteiger partial charge in [0.2, 0.25) is 0 Å². The average Bonchev–Trinajstić information content (AvgIpc) is 2.81. The van der Waals surface area contributed by atoms with Crippen LogP contribution in [-0.4, -0.2) is 51.6 Å². The van der Waals surface area contributed by atoms with Crippen LogP contribution < -0.4 is 0 Å². The molecule has 0 aliphatic rings. The number of hydrogen-bond acceptors (Lipinski definition) is 4. The Morgan fingerprint density at radius 3 is 1.60 bits per heavy atom. The fraction of sp³-hybridized carbons (Fsp3) is 0.793. The topological polar surface area (TPSA) is 52.6 Å². The van der Waals surface area contributed by atoms with Crippen molar-refractivity contribution in [3.63, 3.8) is 0 Å². The second-order valence-corrected chi connectivity index (χ2v) is 30.1. The van der Waals surface area contributed by atoms with Crippen LogP contribution in [0.1, 0.15) is 86.0 Å². The van der Waals surface area contributed by atoms with E-state index in [0.29, 0.717) is 0 Å². The van der Waals surface area contributed by atoms with Crippen molar-refractivity contribution in [2.75, 3.05) is 13.2 Å². The monoisotopic (exact) mass is 614 g/mol. The van der Waals surface area contributed by atoms with E-state index in [1.165, 1.54) is 61.5 Å².